The Hall–Kier alpha value is -2.97. The van der Waals surface area contributed by atoms with Crippen LogP contribution in [0, 0.1) is 6.92 Å². The maximum atomic E-state index is 12.7. The summed E-state index contributed by atoms with van der Waals surface area (Å²) < 4.78 is 0. The molecule has 0 unspecified atom stereocenters. The average Bonchev–Trinajstić information content (AvgIpc) is 3.13. The van der Waals surface area contributed by atoms with E-state index in [1.165, 1.54) is 12.8 Å². The van der Waals surface area contributed by atoms with E-state index in [9.17, 15) is 14.4 Å². The number of aryl methyl sites for hydroxylation is 1. The number of amides is 1. The second-order valence-electron chi connectivity index (χ2n) is 6.69. The Balaban J connectivity index is 1.64. The van der Waals surface area contributed by atoms with Crippen molar-refractivity contribution >= 4 is 11.7 Å². The summed E-state index contributed by atoms with van der Waals surface area (Å²) in [5, 5.41) is 0. The number of nitrogens with zero attached hydrogens (tertiary/aromatic N) is 4. The third kappa shape index (κ3) is 3.00. The molecule has 26 heavy (non-hydrogen) atoms. The molecule has 2 aromatic heterocycles. The average molecular weight is 356 g/mol. The maximum absolute atomic E-state index is 12.7. The van der Waals surface area contributed by atoms with Gasteiger partial charge in [-0.1, -0.05) is 0 Å². The maximum Gasteiger partial charge on any atom is 0.326 e. The Morgan fingerprint density at radius 2 is 1.88 bits per heavy atom. The van der Waals surface area contributed by atoms with E-state index in [1.807, 2.05) is 6.92 Å². The van der Waals surface area contributed by atoms with Crippen LogP contribution >= 0.6 is 0 Å². The molecule has 2 aromatic rings. The molecule has 2 aliphatic rings. The number of fused-ring (bicyclic) bond motifs is 1. The van der Waals surface area contributed by atoms with Crippen LogP contribution in [0.3, 0.4) is 0 Å². The van der Waals surface area contributed by atoms with Crippen molar-refractivity contribution in [2.45, 2.75) is 32.7 Å². The van der Waals surface area contributed by atoms with E-state index in [0.717, 1.165) is 36.2 Å². The van der Waals surface area contributed by atoms with Crippen LogP contribution in [0.5, 0.6) is 0 Å². The molecule has 1 fully saturated rings. The Morgan fingerprint density at radius 3 is 2.62 bits per heavy atom. The molecule has 0 spiro atoms. The number of aromatic amines is 2. The van der Waals surface area contributed by atoms with Crippen molar-refractivity contribution in [3.05, 3.63) is 49.7 Å². The van der Waals surface area contributed by atoms with Gasteiger partial charge in [0, 0.05) is 31.3 Å². The minimum Gasteiger partial charge on any atom is -0.356 e. The van der Waals surface area contributed by atoms with Gasteiger partial charge in [-0.15, -0.1) is 0 Å². The molecule has 1 saturated heterocycles. The smallest absolute Gasteiger partial charge is 0.326 e. The van der Waals surface area contributed by atoms with E-state index >= 15 is 0 Å². The molecule has 0 bridgehead atoms. The van der Waals surface area contributed by atoms with Gasteiger partial charge in [-0.25, -0.2) is 14.8 Å². The molecule has 0 saturated carbocycles. The number of carbonyl (C=O) groups is 1. The summed E-state index contributed by atoms with van der Waals surface area (Å²) in [6.45, 7) is 4.69. The lowest BCUT2D eigenvalue weighted by molar-refractivity contribution is 0.0725. The minimum absolute atomic E-state index is 0.00672. The Bertz CT molecular complexity index is 945. The SMILES string of the molecule is Cc1nc2c(c(N3CCCC3)n1)CCN(C(=O)c1cc(=O)[nH]c(=O)[nH]1)C2. The second kappa shape index (κ2) is 6.40. The molecule has 2 aliphatic heterocycles. The fraction of sp³-hybridized carbons (Fsp3) is 0.471. The zero-order chi connectivity index (χ0) is 18.3. The van der Waals surface area contributed by atoms with E-state index in [2.05, 4.69) is 24.8 Å². The van der Waals surface area contributed by atoms with Gasteiger partial charge in [0.2, 0.25) is 0 Å². The fourth-order valence-electron chi connectivity index (χ4n) is 3.65. The third-order valence-corrected chi connectivity index (χ3v) is 4.84. The van der Waals surface area contributed by atoms with E-state index in [0.29, 0.717) is 25.3 Å². The lowest BCUT2D eigenvalue weighted by Crippen LogP contribution is -2.39. The van der Waals surface area contributed by atoms with Gasteiger partial charge in [0.05, 0.1) is 12.2 Å². The highest BCUT2D eigenvalue weighted by molar-refractivity contribution is 5.92. The first-order valence-electron chi connectivity index (χ1n) is 8.75. The van der Waals surface area contributed by atoms with Crippen molar-refractivity contribution in [3.8, 4) is 0 Å². The summed E-state index contributed by atoms with van der Waals surface area (Å²) >= 11 is 0. The van der Waals surface area contributed by atoms with E-state index in [-0.39, 0.29) is 11.6 Å². The molecule has 0 aliphatic carbocycles. The quantitative estimate of drug-likeness (QED) is 0.780. The largest absolute Gasteiger partial charge is 0.356 e. The minimum atomic E-state index is -0.687. The molecule has 0 aromatic carbocycles. The zero-order valence-electron chi connectivity index (χ0n) is 14.5. The van der Waals surface area contributed by atoms with E-state index in [1.54, 1.807) is 4.90 Å². The van der Waals surface area contributed by atoms with Crippen LogP contribution in [0.2, 0.25) is 0 Å². The number of nitrogens with one attached hydrogen (secondary N) is 2. The van der Waals surface area contributed by atoms with Gasteiger partial charge in [0.1, 0.15) is 17.3 Å². The van der Waals surface area contributed by atoms with Crippen LogP contribution in [0.4, 0.5) is 5.82 Å². The van der Waals surface area contributed by atoms with Crippen molar-refractivity contribution < 1.29 is 4.79 Å². The van der Waals surface area contributed by atoms with Crippen LogP contribution in [0.25, 0.3) is 0 Å². The van der Waals surface area contributed by atoms with Crippen molar-refractivity contribution in [1.29, 1.82) is 0 Å². The number of carbonyl (C=O) groups excluding carboxylic acids is 1. The van der Waals surface area contributed by atoms with Crippen LogP contribution in [-0.4, -0.2) is 50.4 Å². The topological polar surface area (TPSA) is 115 Å². The Labute approximate surface area is 149 Å². The number of aromatic nitrogens is 4. The first-order chi connectivity index (χ1) is 12.5. The van der Waals surface area contributed by atoms with Crippen molar-refractivity contribution in [3.63, 3.8) is 0 Å². The zero-order valence-corrected chi connectivity index (χ0v) is 14.5. The summed E-state index contributed by atoms with van der Waals surface area (Å²) in [5.41, 5.74) is 0.650. The lowest BCUT2D eigenvalue weighted by atomic mass is 10.0. The second-order valence-corrected chi connectivity index (χ2v) is 6.69. The number of H-pyrrole nitrogens is 2. The van der Waals surface area contributed by atoms with Gasteiger partial charge in [-0.2, -0.15) is 0 Å². The Kier molecular flexibility index (Phi) is 4.06. The molecule has 4 heterocycles. The van der Waals surface area contributed by atoms with Gasteiger partial charge in [-0.3, -0.25) is 14.6 Å². The van der Waals surface area contributed by atoms with Gasteiger partial charge in [0.25, 0.3) is 11.5 Å². The van der Waals surface area contributed by atoms with Crippen molar-refractivity contribution in [2.24, 2.45) is 0 Å². The predicted molar refractivity (Wildman–Crippen MR) is 94.3 cm³/mol. The first-order valence-corrected chi connectivity index (χ1v) is 8.75. The number of hydrogen-bond donors (Lipinski definition) is 2. The molecular formula is C17H20N6O3. The fourth-order valence-corrected chi connectivity index (χ4v) is 3.65. The van der Waals surface area contributed by atoms with Gasteiger partial charge < -0.3 is 14.8 Å². The predicted octanol–water partition coefficient (Wildman–Crippen LogP) is -0.0397. The summed E-state index contributed by atoms with van der Waals surface area (Å²) in [5.74, 6) is 1.30. The normalized spacial score (nSPS) is 16.7. The summed E-state index contributed by atoms with van der Waals surface area (Å²) in [4.78, 5) is 53.1. The standard InChI is InChI=1S/C17H20N6O3/c1-10-18-13-9-23(16(25)12-8-14(24)21-17(26)20-12)7-4-11(13)15(19-10)22-5-2-3-6-22/h8H,2-7,9H2,1H3,(H2,20,21,24,26). The summed E-state index contributed by atoms with van der Waals surface area (Å²) in [7, 11) is 0. The molecule has 4 rings (SSSR count). The van der Waals surface area contributed by atoms with Gasteiger partial charge in [-0.05, 0) is 26.2 Å². The molecule has 136 valence electrons. The number of rotatable bonds is 2. The molecule has 0 atom stereocenters. The van der Waals surface area contributed by atoms with Crippen molar-refractivity contribution in [2.75, 3.05) is 24.5 Å². The molecule has 0 radical (unpaired) electrons. The highest BCUT2D eigenvalue weighted by atomic mass is 16.2. The van der Waals surface area contributed by atoms with Crippen LogP contribution < -0.4 is 16.1 Å². The van der Waals surface area contributed by atoms with Crippen LogP contribution in [-0.2, 0) is 13.0 Å². The van der Waals surface area contributed by atoms with Crippen LogP contribution in [0.15, 0.2) is 15.7 Å². The molecule has 9 heteroatoms. The summed E-state index contributed by atoms with van der Waals surface area (Å²) in [6.07, 6.45) is 2.98. The third-order valence-electron chi connectivity index (χ3n) is 4.84. The highest BCUT2D eigenvalue weighted by Crippen LogP contribution is 2.29. The first kappa shape index (κ1) is 16.5. The number of anilines is 1. The summed E-state index contributed by atoms with van der Waals surface area (Å²) in [6, 6.07) is 1.11. The van der Waals surface area contributed by atoms with Gasteiger partial charge in [0.15, 0.2) is 0 Å². The van der Waals surface area contributed by atoms with Crippen LogP contribution in [0.1, 0.15) is 40.4 Å². The Morgan fingerprint density at radius 1 is 1.12 bits per heavy atom. The molecule has 2 N–H and O–H groups in total. The van der Waals surface area contributed by atoms with E-state index in [4.69, 9.17) is 0 Å². The molecule has 9 nitrogen and oxygen atoms in total. The van der Waals surface area contributed by atoms with E-state index < -0.39 is 11.2 Å². The molecule has 1 amide bonds. The van der Waals surface area contributed by atoms with Crippen molar-refractivity contribution in [1.82, 2.24) is 24.8 Å². The highest BCUT2D eigenvalue weighted by Gasteiger charge is 2.28. The molecular weight excluding hydrogens is 336 g/mol. The monoisotopic (exact) mass is 356 g/mol. The lowest BCUT2D eigenvalue weighted by Gasteiger charge is -2.31. The van der Waals surface area contributed by atoms with Gasteiger partial charge >= 0.3 is 5.69 Å². The number of hydrogen-bond acceptors (Lipinski definition) is 6.